The summed E-state index contributed by atoms with van der Waals surface area (Å²) >= 11 is 6.07. The van der Waals surface area contributed by atoms with Gasteiger partial charge in [-0.1, -0.05) is 31.0 Å². The Balaban J connectivity index is 2.42. The maximum Gasteiger partial charge on any atom is 0.257 e. The molecular formula is C14H19ClN2O3S. The van der Waals surface area contributed by atoms with Crippen LogP contribution in [0.5, 0.6) is 0 Å². The Morgan fingerprint density at radius 1 is 1.43 bits per heavy atom. The topological polar surface area (TPSA) is 80.5 Å². The van der Waals surface area contributed by atoms with Gasteiger partial charge in [0.25, 0.3) is 5.91 Å². The van der Waals surface area contributed by atoms with Crippen LogP contribution < -0.4 is 5.14 Å². The number of nitrogens with zero attached hydrogens (tertiary/aromatic N) is 1. The quantitative estimate of drug-likeness (QED) is 0.869. The molecule has 0 spiro atoms. The van der Waals surface area contributed by atoms with E-state index in [1.807, 2.05) is 6.92 Å². The number of hydrogen-bond acceptors (Lipinski definition) is 3. The van der Waals surface area contributed by atoms with Crippen molar-refractivity contribution in [1.29, 1.82) is 0 Å². The van der Waals surface area contributed by atoms with Gasteiger partial charge in [-0.05, 0) is 31.4 Å². The number of amides is 1. The summed E-state index contributed by atoms with van der Waals surface area (Å²) < 4.78 is 23.4. The number of primary sulfonamides is 1. The summed E-state index contributed by atoms with van der Waals surface area (Å²) in [6.07, 6.45) is 3.73. The number of carbonyl (C=O) groups excluding carboxylic acids is 1. The van der Waals surface area contributed by atoms with Crippen LogP contribution >= 0.6 is 11.6 Å². The zero-order valence-corrected chi connectivity index (χ0v) is 13.5. The molecule has 1 aliphatic rings. The third kappa shape index (κ3) is 3.75. The van der Waals surface area contributed by atoms with Gasteiger partial charge in [0, 0.05) is 12.6 Å². The van der Waals surface area contributed by atoms with Crippen molar-refractivity contribution >= 4 is 27.5 Å². The fraction of sp³-hybridized carbons (Fsp3) is 0.500. The first-order valence-electron chi connectivity index (χ1n) is 6.98. The molecule has 1 amide bonds. The molecule has 0 unspecified atom stereocenters. The van der Waals surface area contributed by atoms with Crippen LogP contribution in [-0.4, -0.2) is 31.8 Å². The second-order valence-corrected chi connectivity index (χ2v) is 7.18. The van der Waals surface area contributed by atoms with Crippen molar-refractivity contribution in [2.75, 3.05) is 6.54 Å². The van der Waals surface area contributed by atoms with Gasteiger partial charge in [-0.3, -0.25) is 4.79 Å². The molecule has 1 aliphatic carbocycles. The number of nitrogens with two attached hydrogens (primary N) is 1. The lowest BCUT2D eigenvalue weighted by Crippen LogP contribution is -2.35. The molecule has 0 saturated heterocycles. The molecule has 0 atom stereocenters. The van der Waals surface area contributed by atoms with Crippen LogP contribution in [0.15, 0.2) is 23.1 Å². The highest BCUT2D eigenvalue weighted by atomic mass is 35.5. The van der Waals surface area contributed by atoms with E-state index in [0.29, 0.717) is 6.54 Å². The lowest BCUT2D eigenvalue weighted by molar-refractivity contribution is 0.0737. The average Bonchev–Trinajstić information content (AvgIpc) is 3.22. The summed E-state index contributed by atoms with van der Waals surface area (Å²) in [7, 11) is -3.99. The molecule has 0 radical (unpaired) electrons. The molecule has 116 valence electrons. The predicted molar refractivity (Wildman–Crippen MR) is 81.8 cm³/mol. The highest BCUT2D eigenvalue weighted by molar-refractivity contribution is 7.89. The van der Waals surface area contributed by atoms with Crippen LogP contribution in [0.4, 0.5) is 0 Å². The number of carbonyl (C=O) groups is 1. The first-order chi connectivity index (χ1) is 9.86. The fourth-order valence-corrected chi connectivity index (χ4v) is 3.32. The maximum atomic E-state index is 12.7. The monoisotopic (exact) mass is 330 g/mol. The summed E-state index contributed by atoms with van der Waals surface area (Å²) in [5.41, 5.74) is -0.00957. The molecule has 0 heterocycles. The Hall–Kier alpha value is -1.11. The van der Waals surface area contributed by atoms with Crippen LogP contribution in [0.3, 0.4) is 0 Å². The Morgan fingerprint density at radius 2 is 2.10 bits per heavy atom. The van der Waals surface area contributed by atoms with Gasteiger partial charge in [-0.2, -0.15) is 0 Å². The van der Waals surface area contributed by atoms with Crippen LogP contribution in [-0.2, 0) is 10.0 Å². The number of rotatable bonds is 6. The van der Waals surface area contributed by atoms with E-state index < -0.39 is 10.0 Å². The summed E-state index contributed by atoms with van der Waals surface area (Å²) in [6.45, 7) is 2.65. The van der Waals surface area contributed by atoms with E-state index in [2.05, 4.69) is 0 Å². The molecule has 2 N–H and O–H groups in total. The van der Waals surface area contributed by atoms with Crippen molar-refractivity contribution in [3.63, 3.8) is 0 Å². The average molecular weight is 331 g/mol. The zero-order valence-electron chi connectivity index (χ0n) is 11.9. The Bertz CT molecular complexity index is 642. The lowest BCUT2D eigenvalue weighted by atomic mass is 10.1. The number of sulfonamides is 1. The number of unbranched alkanes of at least 4 members (excludes halogenated alkanes) is 1. The number of hydrogen-bond donors (Lipinski definition) is 1. The smallest absolute Gasteiger partial charge is 0.257 e. The van der Waals surface area contributed by atoms with Gasteiger partial charge in [-0.15, -0.1) is 0 Å². The van der Waals surface area contributed by atoms with Crippen molar-refractivity contribution in [3.8, 4) is 0 Å². The zero-order chi connectivity index (χ0) is 15.6. The molecule has 2 rings (SSSR count). The second kappa shape index (κ2) is 6.34. The van der Waals surface area contributed by atoms with E-state index in [9.17, 15) is 13.2 Å². The summed E-state index contributed by atoms with van der Waals surface area (Å²) in [5, 5.41) is 5.32. The molecule has 1 saturated carbocycles. The van der Waals surface area contributed by atoms with Crippen molar-refractivity contribution in [2.45, 2.75) is 43.5 Å². The van der Waals surface area contributed by atoms with Gasteiger partial charge in [0.2, 0.25) is 10.0 Å². The second-order valence-electron chi connectivity index (χ2n) is 5.24. The minimum Gasteiger partial charge on any atom is -0.336 e. The molecule has 0 aromatic heterocycles. The highest BCUT2D eigenvalue weighted by Crippen LogP contribution is 2.32. The SMILES string of the molecule is CCCCN(C(=O)c1c(Cl)cccc1S(N)(=O)=O)C1CC1. The van der Waals surface area contributed by atoms with Crippen LogP contribution in [0.25, 0.3) is 0 Å². The van der Waals surface area contributed by atoms with E-state index in [4.69, 9.17) is 16.7 Å². The van der Waals surface area contributed by atoms with Gasteiger partial charge < -0.3 is 4.90 Å². The van der Waals surface area contributed by atoms with Crippen molar-refractivity contribution in [1.82, 2.24) is 4.90 Å². The third-order valence-corrected chi connectivity index (χ3v) is 4.77. The summed E-state index contributed by atoms with van der Waals surface area (Å²) in [5.74, 6) is -0.347. The van der Waals surface area contributed by atoms with Gasteiger partial charge in [0.05, 0.1) is 15.5 Å². The minimum absolute atomic E-state index is 0.00957. The molecule has 7 heteroatoms. The number of benzene rings is 1. The summed E-state index contributed by atoms with van der Waals surface area (Å²) in [4.78, 5) is 14.3. The summed E-state index contributed by atoms with van der Waals surface area (Å²) in [6, 6.07) is 4.49. The van der Waals surface area contributed by atoms with Gasteiger partial charge in [0.1, 0.15) is 0 Å². The van der Waals surface area contributed by atoms with Gasteiger partial charge in [-0.25, -0.2) is 13.6 Å². The minimum atomic E-state index is -3.99. The van der Waals surface area contributed by atoms with E-state index >= 15 is 0 Å². The standard InChI is InChI=1S/C14H19ClN2O3S/c1-2-3-9-17(10-7-8-10)14(18)13-11(15)5-4-6-12(13)21(16,19)20/h4-6,10H,2-3,7-9H2,1H3,(H2,16,19,20). The molecule has 1 fully saturated rings. The van der Waals surface area contributed by atoms with Crippen LogP contribution in [0.2, 0.25) is 5.02 Å². The van der Waals surface area contributed by atoms with E-state index in [1.54, 1.807) is 4.90 Å². The lowest BCUT2D eigenvalue weighted by Gasteiger charge is -2.23. The third-order valence-electron chi connectivity index (χ3n) is 3.50. The molecule has 21 heavy (non-hydrogen) atoms. The first-order valence-corrected chi connectivity index (χ1v) is 8.91. The Kier molecular flexibility index (Phi) is 4.91. The maximum absolute atomic E-state index is 12.7. The molecule has 0 bridgehead atoms. The fourth-order valence-electron chi connectivity index (χ4n) is 2.26. The van der Waals surface area contributed by atoms with E-state index in [-0.39, 0.29) is 27.4 Å². The van der Waals surface area contributed by atoms with E-state index in [1.165, 1.54) is 18.2 Å². The molecule has 5 nitrogen and oxygen atoms in total. The first kappa shape index (κ1) is 16.3. The van der Waals surface area contributed by atoms with Crippen LogP contribution in [0.1, 0.15) is 43.0 Å². The molecule has 1 aromatic carbocycles. The predicted octanol–water partition coefficient (Wildman–Crippen LogP) is 2.39. The largest absolute Gasteiger partial charge is 0.336 e. The van der Waals surface area contributed by atoms with Gasteiger partial charge >= 0.3 is 0 Å². The Labute approximate surface area is 130 Å². The van der Waals surface area contributed by atoms with Crippen molar-refractivity contribution < 1.29 is 13.2 Å². The molecular weight excluding hydrogens is 312 g/mol. The highest BCUT2D eigenvalue weighted by Gasteiger charge is 2.35. The van der Waals surface area contributed by atoms with Crippen molar-refractivity contribution in [2.24, 2.45) is 5.14 Å². The van der Waals surface area contributed by atoms with Gasteiger partial charge in [0.15, 0.2) is 0 Å². The normalized spacial score (nSPS) is 15.0. The van der Waals surface area contributed by atoms with Crippen molar-refractivity contribution in [3.05, 3.63) is 28.8 Å². The molecule has 1 aromatic rings. The van der Waals surface area contributed by atoms with E-state index in [0.717, 1.165) is 25.7 Å². The Morgan fingerprint density at radius 3 is 2.62 bits per heavy atom. The number of halogens is 1. The molecule has 0 aliphatic heterocycles. The van der Waals surface area contributed by atoms with Crippen LogP contribution in [0, 0.1) is 0 Å².